The molecule has 0 aliphatic heterocycles. The van der Waals surface area contributed by atoms with E-state index in [9.17, 15) is 0 Å². The summed E-state index contributed by atoms with van der Waals surface area (Å²) in [4.78, 5) is 5.24. The van der Waals surface area contributed by atoms with Crippen LogP contribution in [0.5, 0.6) is 0 Å². The summed E-state index contributed by atoms with van der Waals surface area (Å²) in [5, 5.41) is 2.38. The Bertz CT molecular complexity index is 3430. The van der Waals surface area contributed by atoms with Gasteiger partial charge in [0.1, 0.15) is 11.2 Å². The van der Waals surface area contributed by atoms with Gasteiger partial charge in [0.15, 0.2) is 0 Å². The molecule has 3 heteroatoms. The molecule has 4 aliphatic rings. The van der Waals surface area contributed by atoms with Gasteiger partial charge in [-0.15, -0.1) is 0 Å². The highest BCUT2D eigenvalue weighted by atomic mass is 16.3. The second-order valence-corrected chi connectivity index (χ2v) is 29.2. The molecule has 0 saturated heterocycles. The lowest BCUT2D eigenvalue weighted by molar-refractivity contribution is 0.332. The molecule has 1 aromatic heterocycles. The summed E-state index contributed by atoms with van der Waals surface area (Å²) in [7, 11) is 0. The molecule has 0 saturated carbocycles. The van der Waals surface area contributed by atoms with Crippen molar-refractivity contribution < 1.29 is 4.42 Å². The van der Waals surface area contributed by atoms with Crippen molar-refractivity contribution in [3.05, 3.63) is 152 Å². The van der Waals surface area contributed by atoms with Crippen LogP contribution in [-0.2, 0) is 43.3 Å². The summed E-state index contributed by atoms with van der Waals surface area (Å²) in [5.74, 6) is 0. The van der Waals surface area contributed by atoms with Crippen molar-refractivity contribution in [1.29, 1.82) is 0 Å². The van der Waals surface area contributed by atoms with E-state index < -0.39 is 0 Å². The Labute approximate surface area is 440 Å². The van der Waals surface area contributed by atoms with Gasteiger partial charge in [0.25, 0.3) is 0 Å². The van der Waals surface area contributed by atoms with Crippen molar-refractivity contribution in [3.63, 3.8) is 0 Å². The smallest absolute Gasteiger partial charge is 0.137 e. The van der Waals surface area contributed by atoms with Gasteiger partial charge >= 0.3 is 0 Å². The number of anilines is 6. The van der Waals surface area contributed by atoms with Gasteiger partial charge in [-0.05, 0) is 237 Å². The van der Waals surface area contributed by atoms with Gasteiger partial charge in [-0.3, -0.25) is 0 Å². The molecule has 0 N–H and O–H groups in total. The van der Waals surface area contributed by atoms with E-state index >= 15 is 0 Å². The summed E-state index contributed by atoms with van der Waals surface area (Å²) in [5.41, 5.74) is 25.2. The zero-order chi connectivity index (χ0) is 52.5. The molecule has 382 valence electrons. The fraction of sp³-hybridized carbons (Fsp3) is 0.486. The Morgan fingerprint density at radius 2 is 0.767 bits per heavy atom. The van der Waals surface area contributed by atoms with E-state index in [2.05, 4.69) is 232 Å². The average Bonchev–Trinajstić information content (AvgIpc) is 3.75. The zero-order valence-electron chi connectivity index (χ0n) is 48.4. The minimum Gasteiger partial charge on any atom is -0.456 e. The van der Waals surface area contributed by atoms with Crippen LogP contribution in [0.4, 0.5) is 34.1 Å². The molecule has 0 atom stereocenters. The maximum absolute atomic E-state index is 7.05. The number of aryl methyl sites for hydroxylation is 3. The zero-order valence-corrected chi connectivity index (χ0v) is 48.4. The van der Waals surface area contributed by atoms with Crippen LogP contribution in [0, 0.1) is 20.8 Å². The van der Waals surface area contributed by atoms with Crippen molar-refractivity contribution in [2.24, 2.45) is 0 Å². The first-order valence-electron chi connectivity index (χ1n) is 28.0. The largest absolute Gasteiger partial charge is 0.456 e. The fourth-order valence-electron chi connectivity index (χ4n) is 14.9. The van der Waals surface area contributed by atoms with Gasteiger partial charge in [0, 0.05) is 33.8 Å². The molecule has 6 aromatic carbocycles. The normalized spacial score (nSPS) is 21.0. The quantitative estimate of drug-likeness (QED) is 0.166. The van der Waals surface area contributed by atoms with Crippen LogP contribution in [0.2, 0.25) is 0 Å². The molecule has 0 bridgehead atoms. The first-order chi connectivity index (χ1) is 33.8. The van der Waals surface area contributed by atoms with Gasteiger partial charge < -0.3 is 14.2 Å². The third kappa shape index (κ3) is 7.85. The van der Waals surface area contributed by atoms with Crippen LogP contribution in [-0.4, -0.2) is 0 Å². The van der Waals surface area contributed by atoms with Crippen molar-refractivity contribution in [3.8, 4) is 0 Å². The van der Waals surface area contributed by atoms with Crippen molar-refractivity contribution in [2.75, 3.05) is 9.80 Å². The van der Waals surface area contributed by atoms with E-state index in [0.717, 1.165) is 48.2 Å². The topological polar surface area (TPSA) is 19.6 Å². The number of nitrogens with zero attached hydrogens (tertiary/aromatic N) is 2. The van der Waals surface area contributed by atoms with Gasteiger partial charge in [-0.1, -0.05) is 135 Å². The number of benzene rings is 6. The number of hydrogen-bond donors (Lipinski definition) is 0. The van der Waals surface area contributed by atoms with Gasteiger partial charge in [0.05, 0.1) is 11.1 Å². The maximum Gasteiger partial charge on any atom is 0.137 e. The molecule has 0 unspecified atom stereocenters. The predicted molar refractivity (Wildman–Crippen MR) is 314 cm³/mol. The van der Waals surface area contributed by atoms with Crippen LogP contribution in [0.3, 0.4) is 0 Å². The van der Waals surface area contributed by atoms with Crippen LogP contribution in [0.25, 0.3) is 21.9 Å². The summed E-state index contributed by atoms with van der Waals surface area (Å²) in [6, 6.07) is 36.8. The van der Waals surface area contributed by atoms with E-state index in [1.165, 1.54) is 114 Å². The minimum absolute atomic E-state index is 0.0293. The lowest BCUT2D eigenvalue weighted by atomic mass is 9.63. The van der Waals surface area contributed by atoms with E-state index in [0.29, 0.717) is 0 Å². The van der Waals surface area contributed by atoms with Crippen LogP contribution in [0.15, 0.2) is 95.4 Å². The molecule has 1 heterocycles. The third-order valence-electron chi connectivity index (χ3n) is 19.7. The average molecular weight is 971 g/mol. The van der Waals surface area contributed by atoms with E-state index in [4.69, 9.17) is 4.42 Å². The highest BCUT2D eigenvalue weighted by Crippen LogP contribution is 2.56. The Morgan fingerprint density at radius 1 is 0.342 bits per heavy atom. The Kier molecular flexibility index (Phi) is 10.9. The van der Waals surface area contributed by atoms with Crippen molar-refractivity contribution >= 4 is 56.1 Å². The number of furan rings is 1. The summed E-state index contributed by atoms with van der Waals surface area (Å²) in [6.45, 7) is 46.2. The second-order valence-electron chi connectivity index (χ2n) is 29.2. The molecule has 4 aliphatic carbocycles. The maximum atomic E-state index is 7.05. The molecule has 3 nitrogen and oxygen atoms in total. The van der Waals surface area contributed by atoms with Crippen LogP contribution < -0.4 is 9.80 Å². The monoisotopic (exact) mass is 971 g/mol. The molecule has 7 aromatic rings. The highest BCUT2D eigenvalue weighted by Gasteiger charge is 2.44. The predicted octanol–water partition coefficient (Wildman–Crippen LogP) is 20.5. The number of hydrogen-bond acceptors (Lipinski definition) is 3. The summed E-state index contributed by atoms with van der Waals surface area (Å²) >= 11 is 0. The number of fused-ring (bicyclic) bond motifs is 7. The Hall–Kier alpha value is -5.28. The first-order valence-corrected chi connectivity index (χ1v) is 28.0. The molecule has 0 spiro atoms. The SMILES string of the molecule is Cc1cc(N(c2ccc3c(c2)C(C)(C)CC3(C)C)c2cc3c(cc2C)C(C)(C)CCC3(C)C)cc(N(c2cc3c(cc2C)C(C)(C)CCC3(C)C)c2cccc3oc4cc5c(cc4c23)C(C)(C)CCC5(C)C)c1. The lowest BCUT2D eigenvalue weighted by Gasteiger charge is -2.43. The third-order valence-corrected chi connectivity index (χ3v) is 19.7. The van der Waals surface area contributed by atoms with Crippen molar-refractivity contribution in [2.45, 2.75) is 220 Å². The number of rotatable bonds is 6. The lowest BCUT2D eigenvalue weighted by Crippen LogP contribution is -2.34. The van der Waals surface area contributed by atoms with E-state index in [-0.39, 0.29) is 43.3 Å². The molecule has 0 radical (unpaired) electrons. The minimum atomic E-state index is 0.0293. The van der Waals surface area contributed by atoms with E-state index in [1.807, 2.05) is 0 Å². The molecule has 0 amide bonds. The molecule has 0 fully saturated rings. The standard InChI is InChI=1S/C70H86N2O/c1-42-31-46(71(45-23-24-49-52(36-45)70(18,19)41-69(49,16)17)58-38-54-50(33-43(58)2)63(4,5)25-28-66(54,10)11)35-47(32-42)72(59-39-55-51(34-44(59)3)64(6,7)26-29-67(55,12)13)57-21-20-22-60-62(57)48-37-53-56(40-61(48)73-60)68(14,15)30-27-65(53,8)9/h20-24,31-40H,25-30,41H2,1-19H3. The molecular formula is C70H86N2O. The first kappa shape index (κ1) is 49.9. The second kappa shape index (κ2) is 15.9. The van der Waals surface area contributed by atoms with Crippen LogP contribution >= 0.6 is 0 Å². The Morgan fingerprint density at radius 3 is 1.29 bits per heavy atom. The van der Waals surface area contributed by atoms with Gasteiger partial charge in [-0.2, -0.15) is 0 Å². The molecule has 11 rings (SSSR count). The van der Waals surface area contributed by atoms with Crippen molar-refractivity contribution in [1.82, 2.24) is 0 Å². The molecule has 73 heavy (non-hydrogen) atoms. The highest BCUT2D eigenvalue weighted by molar-refractivity contribution is 6.14. The van der Waals surface area contributed by atoms with E-state index in [1.54, 1.807) is 0 Å². The fourth-order valence-corrected chi connectivity index (χ4v) is 14.9. The Balaban J connectivity index is 1.21. The van der Waals surface area contributed by atoms with Crippen LogP contribution in [0.1, 0.15) is 217 Å². The van der Waals surface area contributed by atoms with Gasteiger partial charge in [-0.25, -0.2) is 0 Å². The van der Waals surface area contributed by atoms with Gasteiger partial charge in [0.2, 0.25) is 0 Å². The summed E-state index contributed by atoms with van der Waals surface area (Å²) in [6.07, 6.45) is 8.15. The summed E-state index contributed by atoms with van der Waals surface area (Å²) < 4.78 is 7.05. The molecular weight excluding hydrogens is 885 g/mol.